The van der Waals surface area contributed by atoms with Gasteiger partial charge in [0.2, 0.25) is 0 Å². The Hall–Kier alpha value is -1.11. The molecular formula is C9H14ClN3O3. The minimum Gasteiger partial charge on any atom is -0.382 e. The van der Waals surface area contributed by atoms with Crippen molar-refractivity contribution in [3.05, 3.63) is 21.7 Å². The number of nitrogens with one attached hydrogen (secondary N) is 2. The fraction of sp³-hybridized carbons (Fsp3) is 0.556. The van der Waals surface area contributed by atoms with E-state index < -0.39 is 0 Å². The monoisotopic (exact) mass is 247 g/mol. The third kappa shape index (κ3) is 3.48. The van der Waals surface area contributed by atoms with Crippen molar-refractivity contribution in [3.8, 4) is 0 Å². The summed E-state index contributed by atoms with van der Waals surface area (Å²) in [5.41, 5.74) is -0.375. The topological polar surface area (TPSA) is 76.2 Å². The molecule has 0 amide bonds. The molecule has 2 N–H and O–H groups in total. The molecule has 0 radical (unpaired) electrons. The molecule has 16 heavy (non-hydrogen) atoms. The Balaban J connectivity index is 2.60. The van der Waals surface area contributed by atoms with Gasteiger partial charge in [0.05, 0.1) is 19.0 Å². The Morgan fingerprint density at radius 1 is 1.62 bits per heavy atom. The van der Waals surface area contributed by atoms with E-state index in [9.17, 15) is 4.79 Å². The number of halogens is 1. The number of nitrogens with zero attached hydrogens (tertiary/aromatic N) is 1. The third-order valence-electron chi connectivity index (χ3n) is 1.98. The molecule has 90 valence electrons. The van der Waals surface area contributed by atoms with Crippen LogP contribution in [0.25, 0.3) is 0 Å². The lowest BCUT2D eigenvalue weighted by molar-refractivity contribution is 0.0365. The number of anilines is 1. The van der Waals surface area contributed by atoms with Gasteiger partial charge in [-0.3, -0.25) is 4.79 Å². The highest BCUT2D eigenvalue weighted by Crippen LogP contribution is 2.11. The summed E-state index contributed by atoms with van der Waals surface area (Å²) in [5, 5.41) is 2.96. The number of aromatic nitrogens is 2. The summed E-state index contributed by atoms with van der Waals surface area (Å²) in [6, 6.07) is 0. The SMILES string of the molecule is COCC(CNc1nc[nH]c(=O)c1Cl)OC. The van der Waals surface area contributed by atoms with E-state index in [0.29, 0.717) is 19.0 Å². The van der Waals surface area contributed by atoms with Gasteiger partial charge in [-0.15, -0.1) is 0 Å². The fourth-order valence-corrected chi connectivity index (χ4v) is 1.28. The molecule has 0 aromatic carbocycles. The van der Waals surface area contributed by atoms with Crippen molar-refractivity contribution < 1.29 is 9.47 Å². The van der Waals surface area contributed by atoms with Gasteiger partial charge in [0, 0.05) is 20.8 Å². The summed E-state index contributed by atoms with van der Waals surface area (Å²) < 4.78 is 10.1. The van der Waals surface area contributed by atoms with E-state index in [0.717, 1.165) is 0 Å². The maximum Gasteiger partial charge on any atom is 0.271 e. The van der Waals surface area contributed by atoms with Crippen molar-refractivity contribution in [2.75, 3.05) is 32.7 Å². The van der Waals surface area contributed by atoms with Crippen LogP contribution in [0.5, 0.6) is 0 Å². The molecule has 1 unspecified atom stereocenters. The fourth-order valence-electron chi connectivity index (χ4n) is 1.11. The molecule has 0 aliphatic heterocycles. The lowest BCUT2D eigenvalue weighted by Crippen LogP contribution is -2.27. The van der Waals surface area contributed by atoms with Gasteiger partial charge >= 0.3 is 0 Å². The number of H-pyrrole nitrogens is 1. The van der Waals surface area contributed by atoms with Crippen LogP contribution in [0.1, 0.15) is 0 Å². The highest BCUT2D eigenvalue weighted by Gasteiger charge is 2.09. The average molecular weight is 248 g/mol. The maximum absolute atomic E-state index is 11.2. The van der Waals surface area contributed by atoms with Gasteiger partial charge in [-0.1, -0.05) is 11.6 Å². The zero-order valence-electron chi connectivity index (χ0n) is 9.12. The molecule has 1 aromatic rings. The molecule has 7 heteroatoms. The first kappa shape index (κ1) is 13.0. The highest BCUT2D eigenvalue weighted by molar-refractivity contribution is 6.32. The van der Waals surface area contributed by atoms with Crippen molar-refractivity contribution in [3.63, 3.8) is 0 Å². The normalized spacial score (nSPS) is 12.4. The number of methoxy groups -OCH3 is 2. The van der Waals surface area contributed by atoms with Gasteiger partial charge in [0.1, 0.15) is 5.02 Å². The van der Waals surface area contributed by atoms with Crippen LogP contribution < -0.4 is 10.9 Å². The highest BCUT2D eigenvalue weighted by atomic mass is 35.5. The van der Waals surface area contributed by atoms with Crippen molar-refractivity contribution in [2.24, 2.45) is 0 Å². The van der Waals surface area contributed by atoms with E-state index in [1.807, 2.05) is 0 Å². The molecule has 0 aliphatic rings. The lowest BCUT2D eigenvalue weighted by atomic mass is 10.3. The van der Waals surface area contributed by atoms with E-state index in [1.54, 1.807) is 14.2 Å². The Kier molecular flexibility index (Phi) is 5.24. The molecule has 0 saturated carbocycles. The average Bonchev–Trinajstić information content (AvgIpc) is 2.29. The van der Waals surface area contributed by atoms with E-state index in [1.165, 1.54) is 6.33 Å². The first-order valence-electron chi connectivity index (χ1n) is 4.67. The zero-order valence-corrected chi connectivity index (χ0v) is 9.87. The second-order valence-electron chi connectivity index (χ2n) is 3.09. The Morgan fingerprint density at radius 3 is 3.00 bits per heavy atom. The number of aromatic amines is 1. The summed E-state index contributed by atoms with van der Waals surface area (Å²) in [5.74, 6) is 0.337. The maximum atomic E-state index is 11.2. The minimum atomic E-state index is -0.375. The second kappa shape index (κ2) is 6.47. The quantitative estimate of drug-likeness (QED) is 0.766. The van der Waals surface area contributed by atoms with Crippen LogP contribution in [0, 0.1) is 0 Å². The van der Waals surface area contributed by atoms with Gasteiger partial charge in [-0.05, 0) is 0 Å². The van der Waals surface area contributed by atoms with Crippen LogP contribution in [0.2, 0.25) is 5.02 Å². The van der Waals surface area contributed by atoms with Crippen molar-refractivity contribution in [2.45, 2.75) is 6.10 Å². The largest absolute Gasteiger partial charge is 0.382 e. The molecule has 1 atom stereocenters. The summed E-state index contributed by atoms with van der Waals surface area (Å²) in [6.45, 7) is 0.908. The van der Waals surface area contributed by atoms with Crippen LogP contribution in [0.4, 0.5) is 5.82 Å². The Bertz CT molecular complexity index is 383. The van der Waals surface area contributed by atoms with E-state index in [2.05, 4.69) is 15.3 Å². The third-order valence-corrected chi connectivity index (χ3v) is 2.33. The number of ether oxygens (including phenoxy) is 2. The van der Waals surface area contributed by atoms with Crippen LogP contribution in [0.3, 0.4) is 0 Å². The molecule has 0 fully saturated rings. The molecule has 0 aliphatic carbocycles. The molecular weight excluding hydrogens is 234 g/mol. The van der Waals surface area contributed by atoms with Crippen LogP contribution in [0.15, 0.2) is 11.1 Å². The lowest BCUT2D eigenvalue weighted by Gasteiger charge is -2.15. The van der Waals surface area contributed by atoms with Gasteiger partial charge in [0.15, 0.2) is 5.82 Å². The molecule has 1 heterocycles. The summed E-state index contributed by atoms with van der Waals surface area (Å²) in [7, 11) is 3.17. The van der Waals surface area contributed by atoms with Crippen LogP contribution >= 0.6 is 11.6 Å². The summed E-state index contributed by atoms with van der Waals surface area (Å²) in [4.78, 5) is 17.4. The number of hydrogen-bond donors (Lipinski definition) is 2. The van der Waals surface area contributed by atoms with Crippen molar-refractivity contribution in [1.29, 1.82) is 0 Å². The molecule has 0 bridgehead atoms. The first-order valence-corrected chi connectivity index (χ1v) is 5.05. The molecule has 0 saturated heterocycles. The minimum absolute atomic E-state index is 0.0368. The second-order valence-corrected chi connectivity index (χ2v) is 3.47. The standard InChI is InChI=1S/C9H14ClN3O3/c1-15-4-6(16-2)3-11-8-7(10)9(14)13-5-12-8/h5-6H,3-4H2,1-2H3,(H2,11,12,13,14). The van der Waals surface area contributed by atoms with Crippen molar-refractivity contribution >= 4 is 17.4 Å². The molecule has 0 spiro atoms. The van der Waals surface area contributed by atoms with Crippen LogP contribution in [-0.4, -0.2) is 43.4 Å². The molecule has 1 rings (SSSR count). The number of hydrogen-bond acceptors (Lipinski definition) is 5. The van der Waals surface area contributed by atoms with E-state index in [4.69, 9.17) is 21.1 Å². The molecule has 1 aromatic heterocycles. The number of rotatable bonds is 6. The van der Waals surface area contributed by atoms with Crippen LogP contribution in [-0.2, 0) is 9.47 Å². The Labute approximate surface area is 97.9 Å². The predicted octanol–water partition coefficient (Wildman–Crippen LogP) is 0.497. The predicted molar refractivity (Wildman–Crippen MR) is 61.0 cm³/mol. The zero-order chi connectivity index (χ0) is 12.0. The summed E-state index contributed by atoms with van der Waals surface area (Å²) in [6.07, 6.45) is 1.16. The van der Waals surface area contributed by atoms with Gasteiger partial charge < -0.3 is 19.8 Å². The van der Waals surface area contributed by atoms with Crippen molar-refractivity contribution in [1.82, 2.24) is 9.97 Å². The Morgan fingerprint density at radius 2 is 2.38 bits per heavy atom. The van der Waals surface area contributed by atoms with E-state index >= 15 is 0 Å². The summed E-state index contributed by atoms with van der Waals surface area (Å²) >= 11 is 5.76. The molecule has 6 nitrogen and oxygen atoms in total. The first-order chi connectivity index (χ1) is 7.69. The van der Waals surface area contributed by atoms with Gasteiger partial charge in [-0.25, -0.2) is 4.98 Å². The van der Waals surface area contributed by atoms with Gasteiger partial charge in [0.25, 0.3) is 5.56 Å². The smallest absolute Gasteiger partial charge is 0.271 e. The van der Waals surface area contributed by atoms with Gasteiger partial charge in [-0.2, -0.15) is 0 Å². The van der Waals surface area contributed by atoms with E-state index in [-0.39, 0.29) is 16.7 Å².